The summed E-state index contributed by atoms with van der Waals surface area (Å²) in [6.07, 6.45) is 0.491. The van der Waals surface area contributed by atoms with Crippen LogP contribution < -0.4 is 4.74 Å². The van der Waals surface area contributed by atoms with Crippen LogP contribution >= 0.6 is 23.2 Å². The molecule has 0 unspecified atom stereocenters. The highest BCUT2D eigenvalue weighted by molar-refractivity contribution is 6.31. The third kappa shape index (κ3) is 3.01. The summed E-state index contributed by atoms with van der Waals surface area (Å²) in [6.45, 7) is 0. The molecular formula is C10H8Cl2N4O. The minimum Gasteiger partial charge on any atom is -0.480 e. The van der Waals surface area contributed by atoms with Gasteiger partial charge in [0, 0.05) is 18.1 Å². The monoisotopic (exact) mass is 270 g/mol. The Morgan fingerprint density at radius 1 is 1.12 bits per heavy atom. The van der Waals surface area contributed by atoms with Crippen molar-refractivity contribution in [1.29, 1.82) is 0 Å². The summed E-state index contributed by atoms with van der Waals surface area (Å²) in [5.41, 5.74) is 1.50. The zero-order valence-electron chi connectivity index (χ0n) is 8.89. The Balaban J connectivity index is 2.22. The highest BCUT2D eigenvalue weighted by Crippen LogP contribution is 2.18. The molecule has 0 aliphatic carbocycles. The molecule has 7 heteroatoms. The van der Waals surface area contributed by atoms with Crippen LogP contribution in [0.5, 0.6) is 5.88 Å². The molecule has 0 fully saturated rings. The van der Waals surface area contributed by atoms with Crippen LogP contribution in [-0.4, -0.2) is 27.5 Å². The second-order valence-corrected chi connectivity index (χ2v) is 3.97. The van der Waals surface area contributed by atoms with E-state index in [-0.39, 0.29) is 0 Å². The van der Waals surface area contributed by atoms with Gasteiger partial charge in [-0.25, -0.2) is 0 Å². The van der Waals surface area contributed by atoms with Crippen molar-refractivity contribution >= 4 is 23.2 Å². The Bertz CT molecular complexity index is 518. The predicted molar refractivity (Wildman–Crippen MR) is 63.4 cm³/mol. The van der Waals surface area contributed by atoms with Gasteiger partial charge in [0.15, 0.2) is 10.3 Å². The molecule has 17 heavy (non-hydrogen) atoms. The van der Waals surface area contributed by atoms with Crippen LogP contribution in [0.2, 0.25) is 10.3 Å². The van der Waals surface area contributed by atoms with Crippen molar-refractivity contribution in [1.82, 2.24) is 20.4 Å². The number of aromatic nitrogens is 4. The molecule has 0 saturated carbocycles. The molecule has 2 aromatic heterocycles. The van der Waals surface area contributed by atoms with Crippen molar-refractivity contribution in [3.05, 3.63) is 39.8 Å². The van der Waals surface area contributed by atoms with Crippen LogP contribution in [0.15, 0.2) is 18.2 Å². The van der Waals surface area contributed by atoms with Crippen molar-refractivity contribution in [2.75, 3.05) is 7.11 Å². The average molecular weight is 271 g/mol. The van der Waals surface area contributed by atoms with Crippen LogP contribution in [0.3, 0.4) is 0 Å². The summed E-state index contributed by atoms with van der Waals surface area (Å²) in [7, 11) is 1.53. The first kappa shape index (κ1) is 12.0. The van der Waals surface area contributed by atoms with E-state index in [1.165, 1.54) is 7.11 Å². The van der Waals surface area contributed by atoms with Gasteiger partial charge in [-0.05, 0) is 12.1 Å². The van der Waals surface area contributed by atoms with E-state index in [1.54, 1.807) is 18.2 Å². The summed E-state index contributed by atoms with van der Waals surface area (Å²) < 4.78 is 4.92. The highest BCUT2D eigenvalue weighted by Gasteiger charge is 2.07. The number of rotatable bonds is 3. The van der Waals surface area contributed by atoms with Gasteiger partial charge in [0.05, 0.1) is 12.8 Å². The Morgan fingerprint density at radius 2 is 1.94 bits per heavy atom. The van der Waals surface area contributed by atoms with Crippen molar-refractivity contribution in [2.24, 2.45) is 0 Å². The average Bonchev–Trinajstić information content (AvgIpc) is 2.35. The normalized spacial score (nSPS) is 10.3. The number of hydrogen-bond donors (Lipinski definition) is 0. The SMILES string of the molecule is COc1ccc(Cc2cc(Cl)nnc2Cl)nn1. The van der Waals surface area contributed by atoms with Gasteiger partial charge >= 0.3 is 0 Å². The van der Waals surface area contributed by atoms with E-state index < -0.39 is 0 Å². The molecule has 0 aliphatic heterocycles. The van der Waals surface area contributed by atoms with Gasteiger partial charge in [-0.1, -0.05) is 23.2 Å². The van der Waals surface area contributed by atoms with Gasteiger partial charge in [-0.2, -0.15) is 5.10 Å². The van der Waals surface area contributed by atoms with Gasteiger partial charge in [0.2, 0.25) is 5.88 Å². The first-order chi connectivity index (χ1) is 8.19. The molecule has 2 rings (SSSR count). The lowest BCUT2D eigenvalue weighted by atomic mass is 10.2. The predicted octanol–water partition coefficient (Wildman–Crippen LogP) is 2.17. The van der Waals surface area contributed by atoms with E-state index in [4.69, 9.17) is 27.9 Å². The maximum atomic E-state index is 5.90. The topological polar surface area (TPSA) is 60.8 Å². The van der Waals surface area contributed by atoms with Gasteiger partial charge in [0.1, 0.15) is 0 Å². The fourth-order valence-electron chi connectivity index (χ4n) is 1.26. The molecule has 0 saturated heterocycles. The molecule has 0 aromatic carbocycles. The lowest BCUT2D eigenvalue weighted by Crippen LogP contribution is -1.99. The summed E-state index contributed by atoms with van der Waals surface area (Å²) in [6, 6.07) is 5.19. The van der Waals surface area contributed by atoms with E-state index in [0.29, 0.717) is 22.6 Å². The van der Waals surface area contributed by atoms with E-state index in [2.05, 4.69) is 20.4 Å². The number of hydrogen-bond acceptors (Lipinski definition) is 5. The standard InChI is InChI=1S/C10H8Cl2N4O/c1-17-9-3-2-7(13-15-9)4-6-5-8(11)14-16-10(6)12/h2-3,5H,4H2,1H3. The number of ether oxygens (including phenoxy) is 1. The molecule has 0 radical (unpaired) electrons. The first-order valence-corrected chi connectivity index (χ1v) is 5.49. The molecule has 0 amide bonds. The third-order valence-corrected chi connectivity index (χ3v) is 2.57. The summed E-state index contributed by atoms with van der Waals surface area (Å²) >= 11 is 11.6. The van der Waals surface area contributed by atoms with Gasteiger partial charge in [0.25, 0.3) is 0 Å². The van der Waals surface area contributed by atoms with E-state index >= 15 is 0 Å². The van der Waals surface area contributed by atoms with E-state index in [0.717, 1.165) is 11.3 Å². The van der Waals surface area contributed by atoms with Crippen molar-refractivity contribution < 1.29 is 4.74 Å². The Morgan fingerprint density at radius 3 is 2.59 bits per heavy atom. The molecular weight excluding hydrogens is 263 g/mol. The zero-order valence-corrected chi connectivity index (χ0v) is 10.4. The lowest BCUT2D eigenvalue weighted by Gasteiger charge is -2.03. The molecule has 0 atom stereocenters. The minimum atomic E-state index is 0.297. The lowest BCUT2D eigenvalue weighted by molar-refractivity contribution is 0.391. The Labute approximate surface area is 108 Å². The largest absolute Gasteiger partial charge is 0.480 e. The van der Waals surface area contributed by atoms with Crippen molar-refractivity contribution in [3.63, 3.8) is 0 Å². The minimum absolute atomic E-state index is 0.297. The Hall–Kier alpha value is -1.46. The van der Waals surface area contributed by atoms with Crippen LogP contribution in [-0.2, 0) is 6.42 Å². The van der Waals surface area contributed by atoms with Gasteiger partial charge in [-0.15, -0.1) is 15.3 Å². The maximum absolute atomic E-state index is 5.90. The molecule has 0 aliphatic rings. The molecule has 0 spiro atoms. The first-order valence-electron chi connectivity index (χ1n) is 4.73. The van der Waals surface area contributed by atoms with Crippen molar-refractivity contribution in [2.45, 2.75) is 6.42 Å². The molecule has 2 heterocycles. The molecule has 0 N–H and O–H groups in total. The number of methoxy groups -OCH3 is 1. The molecule has 0 bridgehead atoms. The smallest absolute Gasteiger partial charge is 0.233 e. The zero-order chi connectivity index (χ0) is 12.3. The highest BCUT2D eigenvalue weighted by atomic mass is 35.5. The Kier molecular flexibility index (Phi) is 3.71. The number of nitrogens with zero attached hydrogens (tertiary/aromatic N) is 4. The maximum Gasteiger partial charge on any atom is 0.233 e. The van der Waals surface area contributed by atoms with Gasteiger partial charge < -0.3 is 4.74 Å². The second kappa shape index (κ2) is 5.25. The summed E-state index contributed by atoms with van der Waals surface area (Å²) in [5.74, 6) is 0.464. The second-order valence-electron chi connectivity index (χ2n) is 3.23. The van der Waals surface area contributed by atoms with Gasteiger partial charge in [-0.3, -0.25) is 0 Å². The summed E-state index contributed by atoms with van der Waals surface area (Å²) in [4.78, 5) is 0. The van der Waals surface area contributed by atoms with Crippen molar-refractivity contribution in [3.8, 4) is 5.88 Å². The quantitative estimate of drug-likeness (QED) is 0.856. The fourth-order valence-corrected chi connectivity index (χ4v) is 1.59. The third-order valence-electron chi connectivity index (χ3n) is 2.07. The molecule has 5 nitrogen and oxygen atoms in total. The van der Waals surface area contributed by atoms with Crippen LogP contribution in [0.4, 0.5) is 0 Å². The van der Waals surface area contributed by atoms with E-state index in [9.17, 15) is 0 Å². The van der Waals surface area contributed by atoms with Crippen LogP contribution in [0.1, 0.15) is 11.3 Å². The number of halogens is 2. The van der Waals surface area contributed by atoms with Crippen LogP contribution in [0.25, 0.3) is 0 Å². The van der Waals surface area contributed by atoms with Crippen LogP contribution in [0, 0.1) is 0 Å². The fraction of sp³-hybridized carbons (Fsp3) is 0.200. The van der Waals surface area contributed by atoms with E-state index in [1.807, 2.05) is 0 Å². The summed E-state index contributed by atoms with van der Waals surface area (Å²) in [5, 5.41) is 15.8. The molecule has 2 aromatic rings. The molecule has 88 valence electrons.